The van der Waals surface area contributed by atoms with Gasteiger partial charge in [-0.15, -0.1) is 0 Å². The Hall–Kier alpha value is -0.940. The molecule has 0 atom stereocenters. The third kappa shape index (κ3) is 3.00. The zero-order chi connectivity index (χ0) is 10.7. The van der Waals surface area contributed by atoms with Crippen molar-refractivity contribution in [1.29, 1.82) is 0 Å². The van der Waals surface area contributed by atoms with E-state index in [4.69, 9.17) is 0 Å². The summed E-state index contributed by atoms with van der Waals surface area (Å²) in [6, 6.07) is 9.71. The normalized spacial score (nSPS) is 10.0. The molecule has 0 unspecified atom stereocenters. The van der Waals surface area contributed by atoms with Gasteiger partial charge in [0.1, 0.15) is 16.7 Å². The second-order valence-electron chi connectivity index (χ2n) is 2.86. The van der Waals surface area contributed by atoms with E-state index in [1.807, 2.05) is 30.3 Å². The first-order chi connectivity index (χ1) is 7.24. The zero-order valence-electron chi connectivity index (χ0n) is 7.61. The maximum absolute atomic E-state index is 4.10. The third-order valence-corrected chi connectivity index (χ3v) is 2.66. The van der Waals surface area contributed by atoms with Crippen LogP contribution < -0.4 is 5.32 Å². The van der Waals surface area contributed by atoms with Crippen LogP contribution >= 0.6 is 31.9 Å². The van der Waals surface area contributed by atoms with Gasteiger partial charge in [0.25, 0.3) is 0 Å². The van der Waals surface area contributed by atoms with Crippen molar-refractivity contribution in [1.82, 2.24) is 9.97 Å². The smallest absolute Gasteiger partial charge is 0.134 e. The van der Waals surface area contributed by atoms with Crippen LogP contribution in [0.3, 0.4) is 0 Å². The second-order valence-corrected chi connectivity index (χ2v) is 4.59. The zero-order valence-corrected chi connectivity index (χ0v) is 10.8. The maximum Gasteiger partial charge on any atom is 0.134 e. The van der Waals surface area contributed by atoms with E-state index in [-0.39, 0.29) is 0 Å². The van der Waals surface area contributed by atoms with Gasteiger partial charge in [-0.3, -0.25) is 0 Å². The van der Waals surface area contributed by atoms with Crippen LogP contribution in [0, 0.1) is 0 Å². The average Bonchev–Trinajstić information content (AvgIpc) is 2.17. The lowest BCUT2D eigenvalue weighted by Gasteiger charge is -2.05. The van der Waals surface area contributed by atoms with Crippen LogP contribution in [0.4, 0.5) is 11.5 Å². The average molecular weight is 329 g/mol. The standard InChI is InChI=1S/C10H7Br2N3/c11-7-2-1-3-8(4-7)15-10-5-9(12)13-6-14-10/h1-6H,(H,13,14,15). The van der Waals surface area contributed by atoms with Crippen molar-refractivity contribution in [3.05, 3.63) is 45.7 Å². The van der Waals surface area contributed by atoms with Gasteiger partial charge in [-0.25, -0.2) is 9.97 Å². The summed E-state index contributed by atoms with van der Waals surface area (Å²) in [6.45, 7) is 0. The van der Waals surface area contributed by atoms with E-state index >= 15 is 0 Å². The predicted octanol–water partition coefficient (Wildman–Crippen LogP) is 3.75. The fourth-order valence-corrected chi connectivity index (χ4v) is 1.82. The van der Waals surface area contributed by atoms with Crippen LogP contribution in [0.1, 0.15) is 0 Å². The highest BCUT2D eigenvalue weighted by Crippen LogP contribution is 2.20. The molecule has 0 aliphatic rings. The molecule has 0 fully saturated rings. The molecule has 0 spiro atoms. The maximum atomic E-state index is 4.10. The molecule has 5 heteroatoms. The van der Waals surface area contributed by atoms with Gasteiger partial charge in [0, 0.05) is 16.2 Å². The number of nitrogens with zero attached hydrogens (tertiary/aromatic N) is 2. The monoisotopic (exact) mass is 327 g/mol. The fraction of sp³-hybridized carbons (Fsp3) is 0. The quantitative estimate of drug-likeness (QED) is 0.853. The number of aromatic nitrogens is 2. The highest BCUT2D eigenvalue weighted by atomic mass is 79.9. The second kappa shape index (κ2) is 4.72. The molecule has 0 aliphatic carbocycles. The number of hydrogen-bond acceptors (Lipinski definition) is 3. The van der Waals surface area contributed by atoms with Crippen molar-refractivity contribution < 1.29 is 0 Å². The topological polar surface area (TPSA) is 37.8 Å². The molecular weight excluding hydrogens is 322 g/mol. The molecule has 0 saturated heterocycles. The molecule has 0 saturated carbocycles. The van der Waals surface area contributed by atoms with E-state index in [2.05, 4.69) is 47.1 Å². The molecule has 1 heterocycles. The van der Waals surface area contributed by atoms with Crippen LogP contribution in [0.25, 0.3) is 0 Å². The van der Waals surface area contributed by atoms with E-state index in [1.165, 1.54) is 6.33 Å². The lowest BCUT2D eigenvalue weighted by molar-refractivity contribution is 1.14. The third-order valence-electron chi connectivity index (χ3n) is 1.73. The summed E-state index contributed by atoms with van der Waals surface area (Å²) in [5, 5.41) is 3.17. The molecule has 15 heavy (non-hydrogen) atoms. The van der Waals surface area contributed by atoms with Crippen molar-refractivity contribution in [2.24, 2.45) is 0 Å². The number of hydrogen-bond donors (Lipinski definition) is 1. The van der Waals surface area contributed by atoms with E-state index in [9.17, 15) is 0 Å². The number of nitrogens with one attached hydrogen (secondary N) is 1. The summed E-state index contributed by atoms with van der Waals surface area (Å²) in [4.78, 5) is 8.05. The van der Waals surface area contributed by atoms with Crippen LogP contribution in [0.5, 0.6) is 0 Å². The Morgan fingerprint density at radius 2 is 1.93 bits per heavy atom. The minimum atomic E-state index is 0.759. The number of rotatable bonds is 2. The van der Waals surface area contributed by atoms with Gasteiger partial charge in [-0.05, 0) is 34.1 Å². The first-order valence-electron chi connectivity index (χ1n) is 4.24. The van der Waals surface area contributed by atoms with E-state index in [1.54, 1.807) is 0 Å². The molecule has 1 aromatic heterocycles. The van der Waals surface area contributed by atoms with Crippen LogP contribution in [-0.4, -0.2) is 9.97 Å². The van der Waals surface area contributed by atoms with Crippen molar-refractivity contribution in [2.75, 3.05) is 5.32 Å². The minimum Gasteiger partial charge on any atom is -0.340 e. The summed E-state index contributed by atoms with van der Waals surface area (Å²) in [5.74, 6) is 0.759. The lowest BCUT2D eigenvalue weighted by atomic mass is 10.3. The van der Waals surface area contributed by atoms with Crippen molar-refractivity contribution in [2.45, 2.75) is 0 Å². The molecule has 1 aromatic carbocycles. The van der Waals surface area contributed by atoms with Crippen molar-refractivity contribution in [3.8, 4) is 0 Å². The van der Waals surface area contributed by atoms with Crippen LogP contribution in [0.15, 0.2) is 45.7 Å². The Bertz CT molecular complexity index is 430. The van der Waals surface area contributed by atoms with Gasteiger partial charge in [0.2, 0.25) is 0 Å². The van der Waals surface area contributed by atoms with Gasteiger partial charge < -0.3 is 5.32 Å². The molecular formula is C10H7Br2N3. The molecule has 2 rings (SSSR count). The number of benzene rings is 1. The van der Waals surface area contributed by atoms with Gasteiger partial charge in [-0.2, -0.15) is 0 Å². The van der Waals surface area contributed by atoms with Gasteiger partial charge in [0.15, 0.2) is 0 Å². The largest absolute Gasteiger partial charge is 0.340 e. The SMILES string of the molecule is Brc1cccc(Nc2cc(Br)ncn2)c1. The fourth-order valence-electron chi connectivity index (χ4n) is 1.12. The summed E-state index contributed by atoms with van der Waals surface area (Å²) in [7, 11) is 0. The Kier molecular flexibility index (Phi) is 3.33. The first-order valence-corrected chi connectivity index (χ1v) is 5.83. The summed E-state index contributed by atoms with van der Waals surface area (Å²) >= 11 is 6.70. The molecule has 76 valence electrons. The highest BCUT2D eigenvalue weighted by Gasteiger charge is 1.97. The predicted molar refractivity (Wildman–Crippen MR) is 67.2 cm³/mol. The van der Waals surface area contributed by atoms with Crippen LogP contribution in [-0.2, 0) is 0 Å². The van der Waals surface area contributed by atoms with Crippen molar-refractivity contribution >= 4 is 43.4 Å². The molecule has 1 N–H and O–H groups in total. The minimum absolute atomic E-state index is 0.759. The Morgan fingerprint density at radius 3 is 2.67 bits per heavy atom. The van der Waals surface area contributed by atoms with E-state index in [0.29, 0.717) is 0 Å². The van der Waals surface area contributed by atoms with Crippen molar-refractivity contribution in [3.63, 3.8) is 0 Å². The van der Waals surface area contributed by atoms with Crippen LogP contribution in [0.2, 0.25) is 0 Å². The molecule has 0 aliphatic heterocycles. The number of anilines is 2. The number of halogens is 2. The Labute approximate surface area is 104 Å². The van der Waals surface area contributed by atoms with Gasteiger partial charge in [-0.1, -0.05) is 22.0 Å². The molecule has 0 amide bonds. The van der Waals surface area contributed by atoms with Gasteiger partial charge in [0.05, 0.1) is 0 Å². The Balaban J connectivity index is 2.22. The Morgan fingerprint density at radius 1 is 1.07 bits per heavy atom. The first kappa shape index (κ1) is 10.6. The molecule has 2 aromatic rings. The summed E-state index contributed by atoms with van der Waals surface area (Å²) < 4.78 is 1.79. The molecule has 0 radical (unpaired) electrons. The summed E-state index contributed by atoms with van der Waals surface area (Å²) in [6.07, 6.45) is 1.50. The molecule has 3 nitrogen and oxygen atoms in total. The highest BCUT2D eigenvalue weighted by molar-refractivity contribution is 9.10. The van der Waals surface area contributed by atoms with E-state index in [0.717, 1.165) is 20.6 Å². The van der Waals surface area contributed by atoms with E-state index < -0.39 is 0 Å². The van der Waals surface area contributed by atoms with Gasteiger partial charge >= 0.3 is 0 Å². The lowest BCUT2D eigenvalue weighted by Crippen LogP contribution is -1.93. The summed E-state index contributed by atoms with van der Waals surface area (Å²) in [5.41, 5.74) is 0.981. The molecule has 0 bridgehead atoms.